The molecule has 0 nitrogen and oxygen atoms in total. The molecule has 113 valence electrons. The minimum atomic E-state index is 0.336. The van der Waals surface area contributed by atoms with Gasteiger partial charge in [-0.2, -0.15) is 0 Å². The molecule has 0 unspecified atom stereocenters. The fourth-order valence-corrected chi connectivity index (χ4v) is 3.05. The number of rotatable bonds is 11. The molecule has 0 aromatic heterocycles. The molecule has 1 rings (SSSR count). The molecular formula is C20H33. The predicted octanol–water partition coefficient (Wildman–Crippen LogP) is 6.69. The molecule has 0 bridgehead atoms. The van der Waals surface area contributed by atoms with Gasteiger partial charge in [0.15, 0.2) is 0 Å². The molecule has 1 aromatic carbocycles. The molecule has 20 heavy (non-hydrogen) atoms. The van der Waals surface area contributed by atoms with Crippen LogP contribution >= 0.6 is 0 Å². The van der Waals surface area contributed by atoms with E-state index >= 15 is 0 Å². The first-order valence-corrected chi connectivity index (χ1v) is 8.70. The number of unbranched alkanes of at least 4 members (excludes halogenated alkanes) is 6. The van der Waals surface area contributed by atoms with Crippen LogP contribution in [0.4, 0.5) is 0 Å². The molecule has 0 saturated heterocycles. The van der Waals surface area contributed by atoms with E-state index in [1.54, 1.807) is 0 Å². The van der Waals surface area contributed by atoms with Gasteiger partial charge in [0, 0.05) is 0 Å². The van der Waals surface area contributed by atoms with Crippen molar-refractivity contribution in [3.8, 4) is 0 Å². The Hall–Kier alpha value is -0.780. The molecule has 0 aliphatic carbocycles. The fraction of sp³-hybridized carbons (Fsp3) is 0.700. The standard InChI is InChI=1S/C20H33/c1-4-6-8-13-17-20(3,18-14-9-7-5-2)19-15-11-10-12-16-19/h10-12,15H,4-9,13-14,17-18H2,1-3H3. The summed E-state index contributed by atoms with van der Waals surface area (Å²) < 4.78 is 0. The molecule has 0 saturated carbocycles. The lowest BCUT2D eigenvalue weighted by atomic mass is 9.74. The summed E-state index contributed by atoms with van der Waals surface area (Å²) in [4.78, 5) is 0. The summed E-state index contributed by atoms with van der Waals surface area (Å²) in [7, 11) is 0. The quantitative estimate of drug-likeness (QED) is 0.394. The Balaban J connectivity index is 2.57. The summed E-state index contributed by atoms with van der Waals surface area (Å²) >= 11 is 0. The van der Waals surface area contributed by atoms with Crippen LogP contribution in [0.25, 0.3) is 0 Å². The van der Waals surface area contributed by atoms with Gasteiger partial charge in [0.1, 0.15) is 0 Å². The van der Waals surface area contributed by atoms with Gasteiger partial charge in [-0.25, -0.2) is 0 Å². The van der Waals surface area contributed by atoms with Crippen molar-refractivity contribution < 1.29 is 0 Å². The maximum absolute atomic E-state index is 3.49. The highest BCUT2D eigenvalue weighted by atomic mass is 14.3. The third-order valence-corrected chi connectivity index (χ3v) is 4.52. The number of hydrogen-bond acceptors (Lipinski definition) is 0. The van der Waals surface area contributed by atoms with Crippen LogP contribution in [0.2, 0.25) is 0 Å². The van der Waals surface area contributed by atoms with E-state index in [0.29, 0.717) is 5.41 Å². The highest BCUT2D eigenvalue weighted by Gasteiger charge is 2.25. The first kappa shape index (κ1) is 17.3. The Bertz CT molecular complexity index is 313. The van der Waals surface area contributed by atoms with Crippen LogP contribution in [0.5, 0.6) is 0 Å². The van der Waals surface area contributed by atoms with Crippen LogP contribution < -0.4 is 0 Å². The lowest BCUT2D eigenvalue weighted by molar-refractivity contribution is 0.364. The van der Waals surface area contributed by atoms with Crippen molar-refractivity contribution in [3.05, 3.63) is 35.9 Å². The Morgan fingerprint density at radius 3 is 1.90 bits per heavy atom. The zero-order valence-corrected chi connectivity index (χ0v) is 13.9. The van der Waals surface area contributed by atoms with Crippen molar-refractivity contribution in [1.29, 1.82) is 0 Å². The van der Waals surface area contributed by atoms with Crippen molar-refractivity contribution in [2.75, 3.05) is 0 Å². The third-order valence-electron chi connectivity index (χ3n) is 4.52. The Morgan fingerprint density at radius 2 is 1.45 bits per heavy atom. The maximum Gasteiger partial charge on any atom is -0.00691 e. The lowest BCUT2D eigenvalue weighted by Gasteiger charge is -2.30. The molecule has 0 N–H and O–H groups in total. The van der Waals surface area contributed by atoms with Gasteiger partial charge in [0.05, 0.1) is 0 Å². The third kappa shape index (κ3) is 6.11. The lowest BCUT2D eigenvalue weighted by Crippen LogP contribution is -2.22. The zero-order chi connectivity index (χ0) is 14.7. The molecule has 1 aromatic rings. The second kappa shape index (κ2) is 10.0. The normalized spacial score (nSPS) is 11.8. The van der Waals surface area contributed by atoms with Crippen molar-refractivity contribution >= 4 is 0 Å². The van der Waals surface area contributed by atoms with E-state index in [1.165, 1.54) is 69.8 Å². The summed E-state index contributed by atoms with van der Waals surface area (Å²) in [5.41, 5.74) is 1.76. The van der Waals surface area contributed by atoms with Crippen molar-refractivity contribution in [2.24, 2.45) is 0 Å². The summed E-state index contributed by atoms with van der Waals surface area (Å²) in [5, 5.41) is 0. The topological polar surface area (TPSA) is 0 Å². The molecule has 1 radical (unpaired) electrons. The number of benzene rings is 1. The van der Waals surface area contributed by atoms with Gasteiger partial charge in [-0.05, 0) is 29.9 Å². The zero-order valence-electron chi connectivity index (χ0n) is 13.9. The van der Waals surface area contributed by atoms with Crippen LogP contribution in [0.1, 0.15) is 90.5 Å². The minimum absolute atomic E-state index is 0.336. The van der Waals surface area contributed by atoms with E-state index in [1.807, 2.05) is 0 Å². The molecule has 0 fully saturated rings. The van der Waals surface area contributed by atoms with Gasteiger partial charge in [0.25, 0.3) is 0 Å². The summed E-state index contributed by atoms with van der Waals surface area (Å²) in [6.07, 6.45) is 13.5. The highest BCUT2D eigenvalue weighted by molar-refractivity contribution is 5.23. The van der Waals surface area contributed by atoms with E-state index in [9.17, 15) is 0 Å². The molecule has 0 spiro atoms. The molecule has 0 atom stereocenters. The SMILES string of the molecule is CCCCCCC(C)(CCCCCC)c1[c]cccc1. The van der Waals surface area contributed by atoms with E-state index in [0.717, 1.165) is 0 Å². The predicted molar refractivity (Wildman–Crippen MR) is 90.1 cm³/mol. The van der Waals surface area contributed by atoms with Gasteiger partial charge >= 0.3 is 0 Å². The van der Waals surface area contributed by atoms with Crippen LogP contribution in [0.3, 0.4) is 0 Å². The van der Waals surface area contributed by atoms with E-state index in [4.69, 9.17) is 0 Å². The summed E-state index contributed by atoms with van der Waals surface area (Å²) in [6, 6.07) is 12.1. The molecule has 0 amide bonds. The first-order chi connectivity index (χ1) is 9.73. The average Bonchev–Trinajstić information content (AvgIpc) is 2.49. The highest BCUT2D eigenvalue weighted by Crippen LogP contribution is 2.35. The van der Waals surface area contributed by atoms with Gasteiger partial charge in [-0.3, -0.25) is 0 Å². The van der Waals surface area contributed by atoms with E-state index < -0.39 is 0 Å². The first-order valence-electron chi connectivity index (χ1n) is 8.70. The molecule has 0 aliphatic rings. The fourth-order valence-electron chi connectivity index (χ4n) is 3.05. The van der Waals surface area contributed by atoms with E-state index in [-0.39, 0.29) is 0 Å². The molecular weight excluding hydrogens is 240 g/mol. The second-order valence-electron chi connectivity index (χ2n) is 6.46. The van der Waals surface area contributed by atoms with Crippen molar-refractivity contribution in [1.82, 2.24) is 0 Å². The Kier molecular flexibility index (Phi) is 8.65. The van der Waals surface area contributed by atoms with Gasteiger partial charge < -0.3 is 0 Å². The van der Waals surface area contributed by atoms with Gasteiger partial charge in [-0.15, -0.1) is 0 Å². The Labute approximate surface area is 127 Å². The largest absolute Gasteiger partial charge is 0.0654 e. The molecule has 0 heterocycles. The number of hydrogen-bond donors (Lipinski definition) is 0. The second-order valence-corrected chi connectivity index (χ2v) is 6.46. The average molecular weight is 273 g/mol. The summed E-state index contributed by atoms with van der Waals surface area (Å²) in [6.45, 7) is 7.03. The van der Waals surface area contributed by atoms with Crippen LogP contribution in [0.15, 0.2) is 24.3 Å². The summed E-state index contributed by atoms with van der Waals surface area (Å²) in [5.74, 6) is 0. The Morgan fingerprint density at radius 1 is 0.850 bits per heavy atom. The van der Waals surface area contributed by atoms with Crippen molar-refractivity contribution in [3.63, 3.8) is 0 Å². The minimum Gasteiger partial charge on any atom is -0.0654 e. The van der Waals surface area contributed by atoms with Crippen LogP contribution in [-0.2, 0) is 5.41 Å². The van der Waals surface area contributed by atoms with Gasteiger partial charge in [0.2, 0.25) is 0 Å². The van der Waals surface area contributed by atoms with E-state index in [2.05, 4.69) is 51.1 Å². The molecule has 0 heteroatoms. The monoisotopic (exact) mass is 273 g/mol. The van der Waals surface area contributed by atoms with Crippen LogP contribution in [0, 0.1) is 6.07 Å². The van der Waals surface area contributed by atoms with Gasteiger partial charge in [-0.1, -0.05) is 96.4 Å². The maximum atomic E-state index is 3.49. The smallest absolute Gasteiger partial charge is 0.00691 e. The van der Waals surface area contributed by atoms with Crippen molar-refractivity contribution in [2.45, 2.75) is 90.4 Å². The molecule has 0 aliphatic heterocycles. The van der Waals surface area contributed by atoms with Crippen LogP contribution in [-0.4, -0.2) is 0 Å².